The van der Waals surface area contributed by atoms with Gasteiger partial charge in [0.05, 0.1) is 22.5 Å². The lowest BCUT2D eigenvalue weighted by Gasteiger charge is -2.01. The molecule has 2 N–H and O–H groups in total. The summed E-state index contributed by atoms with van der Waals surface area (Å²) >= 11 is 0. The number of H-pyrrole nitrogens is 2. The van der Waals surface area contributed by atoms with Gasteiger partial charge >= 0.3 is 0 Å². The number of benzene rings is 3. The number of nitrogens with one attached hydrogen (secondary N) is 2. The fourth-order valence-electron chi connectivity index (χ4n) is 5.61. The zero-order valence-electron chi connectivity index (χ0n) is 24.5. The van der Waals surface area contributed by atoms with Crippen molar-refractivity contribution in [1.82, 2.24) is 24.9 Å². The summed E-state index contributed by atoms with van der Waals surface area (Å²) in [5.74, 6) is 0. The summed E-state index contributed by atoms with van der Waals surface area (Å²) in [4.78, 5) is 19.0. The Hall–Kier alpha value is -6.83. The summed E-state index contributed by atoms with van der Waals surface area (Å²) in [6, 6.07) is 38.5. The first-order chi connectivity index (χ1) is 22.7. The fraction of sp³-hybridized carbons (Fsp3) is 0. The van der Waals surface area contributed by atoms with E-state index in [4.69, 9.17) is 0 Å². The molecule has 0 amide bonds. The number of hydrogen-bond acceptors (Lipinski definition) is 5. The third-order valence-electron chi connectivity index (χ3n) is 7.86. The second kappa shape index (κ2) is 12.4. The Balaban J connectivity index is 0.000000147. The Morgan fingerprint density at radius 1 is 0.435 bits per heavy atom. The topological polar surface area (TPSA) is 118 Å². The minimum atomic E-state index is 0.655. The lowest BCUT2D eigenvalue weighted by molar-refractivity contribution is 1.32. The van der Waals surface area contributed by atoms with Crippen molar-refractivity contribution in [3.63, 3.8) is 0 Å². The van der Waals surface area contributed by atoms with Crippen molar-refractivity contribution < 1.29 is 0 Å². The molecular weight excluding hydrogens is 566 g/mol. The molecule has 46 heavy (non-hydrogen) atoms. The number of fused-ring (bicyclic) bond motifs is 2. The predicted molar refractivity (Wildman–Crippen MR) is 181 cm³/mol. The maximum absolute atomic E-state index is 9.65. The van der Waals surface area contributed by atoms with E-state index in [1.807, 2.05) is 109 Å². The summed E-state index contributed by atoms with van der Waals surface area (Å²) in [6.45, 7) is 0. The molecule has 216 valence electrons. The highest BCUT2D eigenvalue weighted by Crippen LogP contribution is 2.34. The van der Waals surface area contributed by atoms with E-state index in [-0.39, 0.29) is 0 Å². The van der Waals surface area contributed by atoms with Crippen LogP contribution in [0.5, 0.6) is 0 Å². The largest absolute Gasteiger partial charge is 0.353 e. The number of hydrogen-bond donors (Lipinski definition) is 2. The average Bonchev–Trinajstić information content (AvgIpc) is 3.71. The highest BCUT2D eigenvalue weighted by molar-refractivity contribution is 5.97. The molecule has 0 bridgehead atoms. The van der Waals surface area contributed by atoms with E-state index in [0.29, 0.717) is 11.1 Å². The molecular formula is C39H25N7. The highest BCUT2D eigenvalue weighted by Gasteiger charge is 2.15. The first-order valence-corrected chi connectivity index (χ1v) is 14.6. The van der Waals surface area contributed by atoms with Gasteiger partial charge in [0.2, 0.25) is 0 Å². The van der Waals surface area contributed by atoms with Crippen LogP contribution in [0.25, 0.3) is 66.6 Å². The zero-order chi connectivity index (χ0) is 31.3. The lowest BCUT2D eigenvalue weighted by atomic mass is 10.0. The SMILES string of the molecule is N#Cc1c(-c2ccccc2)[nH]c2ccc(-c3cccnc3)cc12.N#Cc1c(-c2ccncc2)[nH]c2ccc(-c3ccncc3)cc12. The van der Waals surface area contributed by atoms with Gasteiger partial charge in [-0.3, -0.25) is 15.0 Å². The van der Waals surface area contributed by atoms with Crippen molar-refractivity contribution >= 4 is 21.8 Å². The lowest BCUT2D eigenvalue weighted by Crippen LogP contribution is -1.82. The van der Waals surface area contributed by atoms with Crippen LogP contribution in [0.3, 0.4) is 0 Å². The van der Waals surface area contributed by atoms with Crippen LogP contribution in [0.2, 0.25) is 0 Å². The Kier molecular flexibility index (Phi) is 7.55. The molecule has 3 aromatic carbocycles. The van der Waals surface area contributed by atoms with Gasteiger partial charge in [0.15, 0.2) is 0 Å². The molecule has 0 aliphatic heterocycles. The summed E-state index contributed by atoms with van der Waals surface area (Å²) in [5.41, 5.74) is 11.2. The predicted octanol–water partition coefficient (Wildman–Crippen LogP) is 8.93. The van der Waals surface area contributed by atoms with Gasteiger partial charge in [-0.1, -0.05) is 48.5 Å². The normalized spacial score (nSPS) is 10.6. The summed E-state index contributed by atoms with van der Waals surface area (Å²) in [6.07, 6.45) is 10.6. The number of nitrogens with zero attached hydrogens (tertiary/aromatic N) is 5. The molecule has 0 aliphatic carbocycles. The first kappa shape index (κ1) is 28.0. The van der Waals surface area contributed by atoms with Crippen LogP contribution in [-0.4, -0.2) is 24.9 Å². The number of aromatic amines is 2. The van der Waals surface area contributed by atoms with Crippen LogP contribution in [0, 0.1) is 22.7 Å². The molecule has 0 saturated heterocycles. The second-order valence-electron chi connectivity index (χ2n) is 10.6. The number of nitriles is 2. The molecule has 8 rings (SSSR count). The molecule has 5 heterocycles. The molecule has 0 fully saturated rings. The van der Waals surface area contributed by atoms with Gasteiger partial charge in [0, 0.05) is 70.1 Å². The first-order valence-electron chi connectivity index (χ1n) is 14.6. The van der Waals surface area contributed by atoms with Crippen LogP contribution in [0.1, 0.15) is 11.1 Å². The van der Waals surface area contributed by atoms with E-state index < -0.39 is 0 Å². The quantitative estimate of drug-likeness (QED) is 0.212. The van der Waals surface area contributed by atoms with Crippen molar-refractivity contribution in [2.24, 2.45) is 0 Å². The van der Waals surface area contributed by atoms with Gasteiger partial charge in [0.25, 0.3) is 0 Å². The standard InChI is InChI=1S/C20H13N3.C19H12N4/c21-12-18-17-11-15(16-7-4-10-22-13-16)8-9-19(17)23-20(18)14-5-2-1-3-6-14;20-12-17-16-11-15(13-3-7-21-8-4-13)1-2-18(16)23-19(17)14-5-9-22-10-6-14/h1-11,13,23H;1-11,23H. The Morgan fingerprint density at radius 3 is 1.46 bits per heavy atom. The highest BCUT2D eigenvalue weighted by atomic mass is 14.7. The summed E-state index contributed by atoms with van der Waals surface area (Å²) in [5, 5.41) is 21.1. The maximum Gasteiger partial charge on any atom is 0.102 e. The molecule has 5 aromatic heterocycles. The van der Waals surface area contributed by atoms with Gasteiger partial charge in [-0.2, -0.15) is 10.5 Å². The minimum Gasteiger partial charge on any atom is -0.353 e. The van der Waals surface area contributed by atoms with Crippen LogP contribution >= 0.6 is 0 Å². The molecule has 0 saturated carbocycles. The van der Waals surface area contributed by atoms with E-state index >= 15 is 0 Å². The van der Waals surface area contributed by atoms with Gasteiger partial charge < -0.3 is 9.97 Å². The van der Waals surface area contributed by atoms with Crippen molar-refractivity contribution in [2.45, 2.75) is 0 Å². The van der Waals surface area contributed by atoms with Crippen LogP contribution in [0.15, 0.2) is 140 Å². The van der Waals surface area contributed by atoms with Crippen molar-refractivity contribution in [1.29, 1.82) is 10.5 Å². The number of aromatic nitrogens is 5. The van der Waals surface area contributed by atoms with Crippen molar-refractivity contribution in [3.8, 4) is 56.9 Å². The molecule has 0 atom stereocenters. The molecule has 7 nitrogen and oxygen atoms in total. The monoisotopic (exact) mass is 591 g/mol. The maximum atomic E-state index is 9.65. The molecule has 0 radical (unpaired) electrons. The van der Waals surface area contributed by atoms with Gasteiger partial charge in [-0.15, -0.1) is 0 Å². The Morgan fingerprint density at radius 2 is 0.935 bits per heavy atom. The minimum absolute atomic E-state index is 0.655. The Labute approximate surface area is 265 Å². The van der Waals surface area contributed by atoms with Gasteiger partial charge in [-0.25, -0.2) is 0 Å². The van der Waals surface area contributed by atoms with Crippen LogP contribution in [0.4, 0.5) is 0 Å². The molecule has 7 heteroatoms. The third-order valence-corrected chi connectivity index (χ3v) is 7.86. The van der Waals surface area contributed by atoms with Crippen molar-refractivity contribution in [2.75, 3.05) is 0 Å². The summed E-state index contributed by atoms with van der Waals surface area (Å²) in [7, 11) is 0. The van der Waals surface area contributed by atoms with E-state index in [1.54, 1.807) is 31.0 Å². The van der Waals surface area contributed by atoms with Crippen LogP contribution < -0.4 is 0 Å². The van der Waals surface area contributed by atoms with Gasteiger partial charge in [-0.05, 0) is 76.9 Å². The van der Waals surface area contributed by atoms with Crippen molar-refractivity contribution in [3.05, 3.63) is 151 Å². The average molecular weight is 592 g/mol. The van der Waals surface area contributed by atoms with E-state index in [2.05, 4.69) is 37.1 Å². The molecule has 0 aliphatic rings. The van der Waals surface area contributed by atoms with Crippen LogP contribution in [-0.2, 0) is 0 Å². The zero-order valence-corrected chi connectivity index (χ0v) is 24.5. The fourth-order valence-corrected chi connectivity index (χ4v) is 5.61. The number of pyridine rings is 3. The molecule has 0 spiro atoms. The molecule has 0 unspecified atom stereocenters. The Bertz CT molecular complexity index is 2190. The van der Waals surface area contributed by atoms with E-state index in [0.717, 1.165) is 66.6 Å². The van der Waals surface area contributed by atoms with E-state index in [1.165, 1.54) is 0 Å². The van der Waals surface area contributed by atoms with Gasteiger partial charge in [0.1, 0.15) is 12.1 Å². The molecule has 8 aromatic rings. The smallest absolute Gasteiger partial charge is 0.102 e. The van der Waals surface area contributed by atoms with E-state index in [9.17, 15) is 10.5 Å². The third kappa shape index (κ3) is 5.37. The number of rotatable bonds is 4. The summed E-state index contributed by atoms with van der Waals surface area (Å²) < 4.78 is 0. The second-order valence-corrected chi connectivity index (χ2v) is 10.6.